The third-order valence-electron chi connectivity index (χ3n) is 7.63. The zero-order valence-electron chi connectivity index (χ0n) is 25.0. The van der Waals surface area contributed by atoms with Crippen LogP contribution in [0.1, 0.15) is 58.4 Å². The van der Waals surface area contributed by atoms with E-state index in [2.05, 4.69) is 22.5 Å². The molecule has 0 spiro atoms. The van der Waals surface area contributed by atoms with Crippen LogP contribution in [-0.4, -0.2) is 79.3 Å². The third-order valence-corrected chi connectivity index (χ3v) is 9.27. The average Bonchev–Trinajstić information content (AvgIpc) is 3.60. The van der Waals surface area contributed by atoms with Crippen molar-refractivity contribution in [2.75, 3.05) is 12.3 Å². The Morgan fingerprint density at radius 1 is 1.05 bits per heavy atom. The first-order valence-electron chi connectivity index (χ1n) is 14.5. The lowest BCUT2D eigenvalue weighted by Crippen LogP contribution is -2.60. The second kappa shape index (κ2) is 14.2. The fraction of sp³-hybridized carbons (Fsp3) is 0.567. The zero-order valence-corrected chi connectivity index (χ0v) is 25.8. The van der Waals surface area contributed by atoms with Crippen LogP contribution in [0.2, 0.25) is 0 Å². The Morgan fingerprint density at radius 3 is 2.26 bits per heavy atom. The maximum atomic E-state index is 13.8. The molecule has 1 saturated carbocycles. The van der Waals surface area contributed by atoms with Gasteiger partial charge >= 0.3 is 6.03 Å². The minimum atomic E-state index is -3.61. The van der Waals surface area contributed by atoms with E-state index in [0.717, 1.165) is 12.8 Å². The van der Waals surface area contributed by atoms with Gasteiger partial charge in [-0.2, -0.15) is 0 Å². The van der Waals surface area contributed by atoms with Gasteiger partial charge in [0.1, 0.15) is 12.1 Å². The molecule has 1 aromatic rings. The van der Waals surface area contributed by atoms with Crippen molar-refractivity contribution >= 4 is 39.4 Å². The Bertz CT molecular complexity index is 1320. The van der Waals surface area contributed by atoms with E-state index in [9.17, 15) is 32.4 Å². The van der Waals surface area contributed by atoms with Crippen molar-refractivity contribution in [3.8, 4) is 0 Å². The maximum Gasteiger partial charge on any atom is 0.315 e. The summed E-state index contributed by atoms with van der Waals surface area (Å²) in [6.45, 7) is 9.18. The van der Waals surface area contributed by atoms with Gasteiger partial charge in [0.2, 0.25) is 17.6 Å². The number of sulfone groups is 1. The third kappa shape index (κ3) is 9.91. The van der Waals surface area contributed by atoms with Gasteiger partial charge in [0.15, 0.2) is 9.84 Å². The molecule has 5 amide bonds. The summed E-state index contributed by atoms with van der Waals surface area (Å²) >= 11 is 0. The van der Waals surface area contributed by atoms with Crippen LogP contribution in [0.5, 0.6) is 0 Å². The number of primary amides is 1. The number of carbonyl (C=O) groups excluding carboxylic acids is 5. The quantitative estimate of drug-likeness (QED) is 0.178. The number of benzene rings is 1. The van der Waals surface area contributed by atoms with Crippen molar-refractivity contribution in [1.29, 1.82) is 0 Å². The van der Waals surface area contributed by atoms with Crippen LogP contribution >= 0.6 is 0 Å². The number of urea groups is 1. The van der Waals surface area contributed by atoms with Crippen LogP contribution in [0.15, 0.2) is 43.0 Å². The molecule has 5 N–H and O–H groups in total. The second-order valence-electron chi connectivity index (χ2n) is 12.5. The van der Waals surface area contributed by atoms with Crippen LogP contribution in [0.3, 0.4) is 0 Å². The molecule has 1 saturated heterocycles. The molecule has 43 heavy (non-hydrogen) atoms. The number of nitrogens with two attached hydrogens (primary N) is 1. The second-order valence-corrected chi connectivity index (χ2v) is 14.6. The van der Waals surface area contributed by atoms with Gasteiger partial charge < -0.3 is 26.6 Å². The van der Waals surface area contributed by atoms with Gasteiger partial charge in [0.25, 0.3) is 5.91 Å². The van der Waals surface area contributed by atoms with Gasteiger partial charge in [-0.05, 0) is 36.2 Å². The summed E-state index contributed by atoms with van der Waals surface area (Å²) in [4.78, 5) is 65.4. The summed E-state index contributed by atoms with van der Waals surface area (Å²) in [5.74, 6) is -3.40. The highest BCUT2D eigenvalue weighted by atomic mass is 32.2. The molecule has 0 radical (unpaired) electrons. The minimum Gasteiger partial charge on any atom is -0.363 e. The van der Waals surface area contributed by atoms with E-state index in [1.54, 1.807) is 51.1 Å². The molecule has 12 nitrogen and oxygen atoms in total. The van der Waals surface area contributed by atoms with Gasteiger partial charge in [-0.15, -0.1) is 6.58 Å². The highest BCUT2D eigenvalue weighted by molar-refractivity contribution is 7.90. The first-order valence-corrected chi connectivity index (χ1v) is 16.3. The fourth-order valence-corrected chi connectivity index (χ4v) is 6.73. The Kier molecular flexibility index (Phi) is 11.1. The summed E-state index contributed by atoms with van der Waals surface area (Å²) in [5.41, 5.74) is 5.03. The molecular formula is C30H43N5O7S. The number of Topliss-reactive ketones (excluding diaryl/α,β-unsaturated/α-hetero) is 1. The van der Waals surface area contributed by atoms with Gasteiger partial charge in [-0.3, -0.25) is 19.2 Å². The number of rotatable bonds is 14. The van der Waals surface area contributed by atoms with Crippen LogP contribution < -0.4 is 21.7 Å². The molecule has 13 heteroatoms. The summed E-state index contributed by atoms with van der Waals surface area (Å²) in [6, 6.07) is 3.99. The lowest BCUT2D eigenvalue weighted by molar-refractivity contribution is -0.143. The smallest absolute Gasteiger partial charge is 0.315 e. The van der Waals surface area contributed by atoms with Crippen LogP contribution in [0.4, 0.5) is 4.79 Å². The number of hydrogen-bond donors (Lipinski definition) is 4. The molecule has 2 fully saturated rings. The molecule has 1 aromatic carbocycles. The van der Waals surface area contributed by atoms with Crippen molar-refractivity contribution in [3.05, 3.63) is 48.6 Å². The lowest BCUT2D eigenvalue weighted by atomic mass is 9.85. The molecule has 2 aliphatic rings. The van der Waals surface area contributed by atoms with E-state index < -0.39 is 69.0 Å². The number of carbonyl (C=O) groups is 5. The number of hydrogen-bond acceptors (Lipinski definition) is 7. The number of amides is 5. The normalized spacial score (nSPS) is 19.0. The molecular weight excluding hydrogens is 574 g/mol. The first-order chi connectivity index (χ1) is 20.1. The van der Waals surface area contributed by atoms with Crippen molar-refractivity contribution in [2.45, 2.75) is 82.8 Å². The molecule has 3 rings (SSSR count). The summed E-state index contributed by atoms with van der Waals surface area (Å²) in [5, 5.41) is 7.89. The SMILES string of the molecule is C=CC(CS(=O)(=O)Cc1ccccc1)NC(=O)N[C@H](C(=O)N1CCC[C@H]1C(=O)NC(CC1CC1)C(=O)C(N)=O)C(C)(C)C. The molecule has 0 aromatic heterocycles. The molecule has 0 bridgehead atoms. The first kappa shape index (κ1) is 33.8. The number of nitrogens with one attached hydrogen (secondary N) is 3. The summed E-state index contributed by atoms with van der Waals surface area (Å²) in [7, 11) is -3.61. The van der Waals surface area contributed by atoms with Crippen molar-refractivity contribution in [2.24, 2.45) is 17.1 Å². The Labute approximate surface area is 253 Å². The summed E-state index contributed by atoms with van der Waals surface area (Å²) < 4.78 is 25.5. The summed E-state index contributed by atoms with van der Waals surface area (Å²) in [6.07, 6.45) is 4.31. The van der Waals surface area contributed by atoms with Crippen molar-refractivity contribution in [1.82, 2.24) is 20.9 Å². The van der Waals surface area contributed by atoms with Crippen molar-refractivity contribution < 1.29 is 32.4 Å². The molecule has 1 aliphatic heterocycles. The number of likely N-dealkylation sites (tertiary alicyclic amines) is 1. The number of ketones is 1. The maximum absolute atomic E-state index is 13.8. The van der Waals surface area contributed by atoms with E-state index in [0.29, 0.717) is 24.8 Å². The van der Waals surface area contributed by atoms with Gasteiger partial charge in [-0.25, -0.2) is 13.2 Å². The van der Waals surface area contributed by atoms with E-state index in [4.69, 9.17) is 5.73 Å². The van der Waals surface area contributed by atoms with Crippen molar-refractivity contribution in [3.63, 3.8) is 0 Å². The largest absolute Gasteiger partial charge is 0.363 e. The Morgan fingerprint density at radius 2 is 1.70 bits per heavy atom. The fourth-order valence-electron chi connectivity index (χ4n) is 5.15. The van der Waals surface area contributed by atoms with Gasteiger partial charge in [-0.1, -0.05) is 70.0 Å². The lowest BCUT2D eigenvalue weighted by Gasteiger charge is -2.36. The highest BCUT2D eigenvalue weighted by Crippen LogP contribution is 2.34. The van der Waals surface area contributed by atoms with Crippen LogP contribution in [0, 0.1) is 11.3 Å². The Balaban J connectivity index is 1.67. The van der Waals surface area contributed by atoms with Gasteiger partial charge in [0, 0.05) is 6.54 Å². The molecule has 4 atom stereocenters. The van der Waals surface area contributed by atoms with E-state index >= 15 is 0 Å². The van der Waals surface area contributed by atoms with Gasteiger partial charge in [0.05, 0.1) is 23.6 Å². The number of nitrogens with zero attached hydrogens (tertiary/aromatic N) is 1. The van der Waals surface area contributed by atoms with E-state index in [1.165, 1.54) is 11.0 Å². The Hall–Kier alpha value is -3.74. The predicted molar refractivity (Wildman–Crippen MR) is 161 cm³/mol. The molecule has 1 aliphatic carbocycles. The minimum absolute atomic E-state index is 0.199. The standard InChI is InChI=1S/C30H43N5O7S/c1-5-21(18-43(41,42)17-20-10-7-6-8-11-20)32-29(40)34-25(30(2,3)4)28(39)35-15-9-12-23(35)27(38)33-22(16-19-13-14-19)24(36)26(31)37/h5-8,10-11,19,21-23,25H,1,9,12-18H2,2-4H3,(H2,31,37)(H,33,38)(H2,32,34,40)/t21?,22?,23-,25+/m0/s1. The highest BCUT2D eigenvalue weighted by Gasteiger charge is 2.43. The van der Waals surface area contributed by atoms with E-state index in [-0.39, 0.29) is 24.0 Å². The van der Waals surface area contributed by atoms with Crippen LogP contribution in [0.25, 0.3) is 0 Å². The zero-order chi connectivity index (χ0) is 31.9. The molecule has 2 unspecified atom stereocenters. The van der Waals surface area contributed by atoms with E-state index in [1.807, 2.05) is 0 Å². The molecule has 236 valence electrons. The topological polar surface area (TPSA) is 185 Å². The predicted octanol–water partition coefficient (Wildman–Crippen LogP) is 1.20. The van der Waals surface area contributed by atoms with Crippen LogP contribution in [-0.2, 0) is 34.8 Å². The average molecular weight is 618 g/mol. The monoisotopic (exact) mass is 617 g/mol. The molecule has 1 heterocycles.